The molecule has 0 aliphatic rings. The van der Waals surface area contributed by atoms with Gasteiger partial charge in [-0.3, -0.25) is 0 Å². The molecule has 0 bridgehead atoms. The number of aryl methyl sites for hydroxylation is 1. The van der Waals surface area contributed by atoms with Crippen LogP contribution in [0.3, 0.4) is 0 Å². The van der Waals surface area contributed by atoms with Crippen molar-refractivity contribution in [2.45, 2.75) is 6.61 Å². The largest absolute Gasteiger partial charge is 0.484 e. The standard InChI is InChI=1S/C14H12BrN3O/c1-18-9-16-17-13(18)8-19-12-7-6-10-4-2-3-5-11(10)14(12)15/h2-7,9H,8H2,1H3. The van der Waals surface area contributed by atoms with Gasteiger partial charge in [0, 0.05) is 7.05 Å². The molecule has 0 atom stereocenters. The maximum absolute atomic E-state index is 5.80. The van der Waals surface area contributed by atoms with Crippen molar-refractivity contribution >= 4 is 26.7 Å². The van der Waals surface area contributed by atoms with Gasteiger partial charge in [-0.15, -0.1) is 10.2 Å². The fraction of sp³-hybridized carbons (Fsp3) is 0.143. The number of hydrogen-bond acceptors (Lipinski definition) is 3. The Morgan fingerprint density at radius 1 is 1.21 bits per heavy atom. The topological polar surface area (TPSA) is 39.9 Å². The van der Waals surface area contributed by atoms with Gasteiger partial charge >= 0.3 is 0 Å². The van der Waals surface area contributed by atoms with Gasteiger partial charge in [-0.05, 0) is 32.8 Å². The summed E-state index contributed by atoms with van der Waals surface area (Å²) in [7, 11) is 1.90. The van der Waals surface area contributed by atoms with Crippen molar-refractivity contribution in [2.75, 3.05) is 0 Å². The minimum atomic E-state index is 0.396. The van der Waals surface area contributed by atoms with Crippen LogP contribution >= 0.6 is 15.9 Å². The SMILES string of the molecule is Cn1cnnc1COc1ccc2ccccc2c1Br. The molecule has 5 heteroatoms. The zero-order valence-corrected chi connectivity index (χ0v) is 12.0. The molecule has 4 nitrogen and oxygen atoms in total. The lowest BCUT2D eigenvalue weighted by Crippen LogP contribution is -2.03. The summed E-state index contributed by atoms with van der Waals surface area (Å²) in [5.41, 5.74) is 0. The monoisotopic (exact) mass is 317 g/mol. The van der Waals surface area contributed by atoms with Gasteiger partial charge in [-0.25, -0.2) is 0 Å². The highest BCUT2D eigenvalue weighted by atomic mass is 79.9. The van der Waals surface area contributed by atoms with Gasteiger partial charge in [-0.1, -0.05) is 30.3 Å². The summed E-state index contributed by atoms with van der Waals surface area (Å²) >= 11 is 3.60. The smallest absolute Gasteiger partial charge is 0.170 e. The molecule has 3 aromatic rings. The summed E-state index contributed by atoms with van der Waals surface area (Å²) in [6, 6.07) is 12.2. The highest BCUT2D eigenvalue weighted by molar-refractivity contribution is 9.10. The van der Waals surface area contributed by atoms with Gasteiger partial charge in [0.05, 0.1) is 4.47 Å². The van der Waals surface area contributed by atoms with Crippen molar-refractivity contribution in [1.82, 2.24) is 14.8 Å². The second-order valence-electron chi connectivity index (χ2n) is 4.25. The summed E-state index contributed by atoms with van der Waals surface area (Å²) in [6.07, 6.45) is 1.66. The van der Waals surface area contributed by atoms with E-state index in [0.29, 0.717) is 6.61 Å². The van der Waals surface area contributed by atoms with E-state index < -0.39 is 0 Å². The molecule has 0 unspecified atom stereocenters. The van der Waals surface area contributed by atoms with Crippen LogP contribution in [0, 0.1) is 0 Å². The van der Waals surface area contributed by atoms with E-state index in [1.807, 2.05) is 35.9 Å². The van der Waals surface area contributed by atoms with Crippen LogP contribution in [0.1, 0.15) is 5.82 Å². The second-order valence-corrected chi connectivity index (χ2v) is 5.04. The fourth-order valence-corrected chi connectivity index (χ4v) is 2.51. The Kier molecular flexibility index (Phi) is 3.21. The molecule has 0 aliphatic heterocycles. The number of aromatic nitrogens is 3. The van der Waals surface area contributed by atoms with Gasteiger partial charge < -0.3 is 9.30 Å². The van der Waals surface area contributed by atoms with Crippen molar-refractivity contribution < 1.29 is 4.74 Å². The average molecular weight is 318 g/mol. The predicted molar refractivity (Wildman–Crippen MR) is 77.0 cm³/mol. The first-order valence-corrected chi connectivity index (χ1v) is 6.68. The number of ether oxygens (including phenoxy) is 1. The fourth-order valence-electron chi connectivity index (χ4n) is 1.91. The van der Waals surface area contributed by atoms with Crippen LogP contribution in [0.2, 0.25) is 0 Å². The van der Waals surface area contributed by atoms with E-state index in [1.54, 1.807) is 6.33 Å². The lowest BCUT2D eigenvalue weighted by atomic mass is 10.1. The summed E-state index contributed by atoms with van der Waals surface area (Å²) in [6.45, 7) is 0.396. The second kappa shape index (κ2) is 5.01. The lowest BCUT2D eigenvalue weighted by molar-refractivity contribution is 0.290. The first kappa shape index (κ1) is 12.2. The molecular formula is C14H12BrN3O. The molecule has 0 amide bonds. The normalized spacial score (nSPS) is 10.8. The molecule has 0 spiro atoms. The van der Waals surface area contributed by atoms with Crippen LogP contribution in [-0.4, -0.2) is 14.8 Å². The molecule has 1 heterocycles. The molecule has 0 aliphatic carbocycles. The molecule has 1 aromatic heterocycles. The summed E-state index contributed by atoms with van der Waals surface area (Å²) in [5.74, 6) is 1.60. The maximum atomic E-state index is 5.80. The first-order chi connectivity index (χ1) is 9.25. The summed E-state index contributed by atoms with van der Waals surface area (Å²) < 4.78 is 8.61. The quantitative estimate of drug-likeness (QED) is 0.744. The Bertz CT molecular complexity index is 724. The molecule has 0 saturated heterocycles. The van der Waals surface area contributed by atoms with Gasteiger partial charge in [0.15, 0.2) is 5.82 Å². The molecule has 0 N–H and O–H groups in total. The minimum absolute atomic E-state index is 0.396. The molecule has 19 heavy (non-hydrogen) atoms. The van der Waals surface area contributed by atoms with Gasteiger partial charge in [0.25, 0.3) is 0 Å². The Morgan fingerprint density at radius 3 is 2.84 bits per heavy atom. The van der Waals surface area contributed by atoms with Gasteiger partial charge in [-0.2, -0.15) is 0 Å². The van der Waals surface area contributed by atoms with E-state index in [2.05, 4.69) is 38.3 Å². The zero-order chi connectivity index (χ0) is 13.2. The van der Waals surface area contributed by atoms with Gasteiger partial charge in [0.2, 0.25) is 0 Å². The molecule has 3 rings (SSSR count). The summed E-state index contributed by atoms with van der Waals surface area (Å²) in [4.78, 5) is 0. The summed E-state index contributed by atoms with van der Waals surface area (Å²) in [5, 5.41) is 10.1. The van der Waals surface area contributed by atoms with Gasteiger partial charge in [0.1, 0.15) is 18.7 Å². The van der Waals surface area contributed by atoms with Crippen LogP contribution in [0.4, 0.5) is 0 Å². The van der Waals surface area contributed by atoms with Crippen LogP contribution in [0.5, 0.6) is 5.75 Å². The third kappa shape index (κ3) is 2.33. The number of rotatable bonds is 3. The van der Waals surface area contributed by atoms with Crippen LogP contribution in [-0.2, 0) is 13.7 Å². The highest BCUT2D eigenvalue weighted by Gasteiger charge is 2.07. The molecule has 0 radical (unpaired) electrons. The van der Waals surface area contributed by atoms with E-state index in [1.165, 1.54) is 5.39 Å². The lowest BCUT2D eigenvalue weighted by Gasteiger charge is -2.09. The zero-order valence-electron chi connectivity index (χ0n) is 10.4. The van der Waals surface area contributed by atoms with Crippen molar-refractivity contribution in [3.05, 3.63) is 53.0 Å². The van der Waals surface area contributed by atoms with E-state index in [0.717, 1.165) is 21.4 Å². The van der Waals surface area contributed by atoms with Crippen molar-refractivity contribution in [3.8, 4) is 5.75 Å². The van der Waals surface area contributed by atoms with Crippen LogP contribution in [0.15, 0.2) is 47.2 Å². The third-order valence-corrected chi connectivity index (χ3v) is 3.81. The third-order valence-electron chi connectivity index (χ3n) is 2.99. The van der Waals surface area contributed by atoms with E-state index >= 15 is 0 Å². The number of benzene rings is 2. The minimum Gasteiger partial charge on any atom is -0.484 e. The highest BCUT2D eigenvalue weighted by Crippen LogP contribution is 2.33. The average Bonchev–Trinajstić information content (AvgIpc) is 2.84. The Labute approximate surface area is 119 Å². The Morgan fingerprint density at radius 2 is 2.05 bits per heavy atom. The maximum Gasteiger partial charge on any atom is 0.170 e. The molecular weight excluding hydrogens is 306 g/mol. The van der Waals surface area contributed by atoms with Crippen LogP contribution in [0.25, 0.3) is 10.8 Å². The number of fused-ring (bicyclic) bond motifs is 1. The van der Waals surface area contributed by atoms with Crippen molar-refractivity contribution in [2.24, 2.45) is 7.05 Å². The molecule has 0 fully saturated rings. The van der Waals surface area contributed by atoms with Crippen molar-refractivity contribution in [3.63, 3.8) is 0 Å². The predicted octanol–water partition coefficient (Wildman–Crippen LogP) is 3.31. The Balaban J connectivity index is 1.89. The molecule has 2 aromatic carbocycles. The number of nitrogens with zero attached hydrogens (tertiary/aromatic N) is 3. The first-order valence-electron chi connectivity index (χ1n) is 5.88. The van der Waals surface area contributed by atoms with Crippen molar-refractivity contribution in [1.29, 1.82) is 0 Å². The number of hydrogen-bond donors (Lipinski definition) is 0. The van der Waals surface area contributed by atoms with E-state index in [-0.39, 0.29) is 0 Å². The van der Waals surface area contributed by atoms with E-state index in [4.69, 9.17) is 4.74 Å². The molecule has 96 valence electrons. The Hall–Kier alpha value is -1.88. The van der Waals surface area contributed by atoms with Crippen LogP contribution < -0.4 is 4.74 Å². The number of halogens is 1. The molecule has 0 saturated carbocycles. The van der Waals surface area contributed by atoms with E-state index in [9.17, 15) is 0 Å².